The van der Waals surface area contributed by atoms with Crippen LogP contribution < -0.4 is 4.74 Å². The Morgan fingerprint density at radius 1 is 1.11 bits per heavy atom. The van der Waals surface area contributed by atoms with E-state index in [0.29, 0.717) is 25.3 Å². The molecular weight excluding hydrogens is 477 g/mol. The Kier molecular flexibility index (Phi) is 7.26. The van der Waals surface area contributed by atoms with Crippen LogP contribution >= 0.6 is 11.3 Å². The van der Waals surface area contributed by atoms with E-state index in [-0.39, 0.29) is 18.1 Å². The number of hydrogen-bond acceptors (Lipinski definition) is 5. The van der Waals surface area contributed by atoms with Gasteiger partial charge >= 0.3 is 12.3 Å². The van der Waals surface area contributed by atoms with Crippen LogP contribution in [0, 0.1) is 5.92 Å². The Hall–Kier alpha value is -2.81. The fourth-order valence-corrected chi connectivity index (χ4v) is 4.98. The highest BCUT2D eigenvalue weighted by atomic mass is 32.1. The van der Waals surface area contributed by atoms with Crippen molar-refractivity contribution >= 4 is 27.6 Å². The number of halogens is 3. The second kappa shape index (κ2) is 10.0. The molecule has 1 fully saturated rings. The van der Waals surface area contributed by atoms with Crippen LogP contribution in [0.5, 0.6) is 5.75 Å². The molecule has 1 aliphatic heterocycles. The summed E-state index contributed by atoms with van der Waals surface area (Å²) in [6, 6.07) is 10.7. The molecule has 4 rings (SSSR count). The summed E-state index contributed by atoms with van der Waals surface area (Å²) in [6.07, 6.45) is -2.83. The normalized spacial score (nSPS) is 16.3. The van der Waals surface area contributed by atoms with Crippen molar-refractivity contribution in [2.45, 2.75) is 57.9 Å². The average Bonchev–Trinajstić information content (AvgIpc) is 3.27. The molecule has 3 aromatic rings. The monoisotopic (exact) mass is 506 g/mol. The number of alkyl halides is 3. The summed E-state index contributed by atoms with van der Waals surface area (Å²) in [4.78, 5) is 18.7. The summed E-state index contributed by atoms with van der Waals surface area (Å²) in [6.45, 7) is 6.72. The Labute approximate surface area is 206 Å². The third kappa shape index (κ3) is 6.45. The summed E-state index contributed by atoms with van der Waals surface area (Å²) in [5, 5.41) is 0. The molecule has 0 aliphatic carbocycles. The van der Waals surface area contributed by atoms with Gasteiger partial charge in [0.25, 0.3) is 0 Å². The highest BCUT2D eigenvalue weighted by Crippen LogP contribution is 2.37. The molecular formula is C26H29F3N2O3S. The van der Waals surface area contributed by atoms with Crippen molar-refractivity contribution in [1.82, 2.24) is 9.88 Å². The molecule has 1 amide bonds. The van der Waals surface area contributed by atoms with Gasteiger partial charge in [-0.15, -0.1) is 11.3 Å². The second-order valence-electron chi connectivity index (χ2n) is 9.82. The van der Waals surface area contributed by atoms with Crippen molar-refractivity contribution in [2.24, 2.45) is 5.92 Å². The summed E-state index contributed by atoms with van der Waals surface area (Å²) in [5.41, 5.74) is 2.29. The predicted octanol–water partition coefficient (Wildman–Crippen LogP) is 7.47. The van der Waals surface area contributed by atoms with Gasteiger partial charge in [0.15, 0.2) is 0 Å². The van der Waals surface area contributed by atoms with Crippen LogP contribution in [0.4, 0.5) is 18.0 Å². The average molecular weight is 507 g/mol. The van der Waals surface area contributed by atoms with Crippen molar-refractivity contribution in [3.8, 4) is 5.75 Å². The zero-order valence-corrected chi connectivity index (χ0v) is 20.8. The molecule has 5 nitrogen and oxygen atoms in total. The van der Waals surface area contributed by atoms with Gasteiger partial charge in [0.1, 0.15) is 17.5 Å². The van der Waals surface area contributed by atoms with Gasteiger partial charge in [-0.3, -0.25) is 0 Å². The summed E-state index contributed by atoms with van der Waals surface area (Å²) in [7, 11) is 0. The minimum atomic E-state index is -4.40. The SMILES string of the molecule is CC(C)(C)OC(=O)N1CCC(CC(Oc2ccc(C(F)(F)F)cc2)c2cccc3scnc23)CC1. The van der Waals surface area contributed by atoms with E-state index in [4.69, 9.17) is 9.47 Å². The zero-order valence-electron chi connectivity index (χ0n) is 20.0. The van der Waals surface area contributed by atoms with Crippen LogP contribution in [-0.2, 0) is 10.9 Å². The number of aromatic nitrogens is 1. The van der Waals surface area contributed by atoms with E-state index < -0.39 is 17.3 Å². The Bertz CT molecular complexity index is 1150. The largest absolute Gasteiger partial charge is 0.486 e. The number of benzene rings is 2. The van der Waals surface area contributed by atoms with Crippen LogP contribution in [0.15, 0.2) is 48.0 Å². The van der Waals surface area contributed by atoms with Gasteiger partial charge in [0.05, 0.1) is 21.3 Å². The quantitative estimate of drug-likeness (QED) is 0.360. The molecule has 1 unspecified atom stereocenters. The lowest BCUT2D eigenvalue weighted by atomic mass is 9.88. The highest BCUT2D eigenvalue weighted by Gasteiger charge is 2.31. The third-order valence-electron chi connectivity index (χ3n) is 6.01. The fraction of sp³-hybridized carbons (Fsp3) is 0.462. The first-order valence-electron chi connectivity index (χ1n) is 11.6. The number of ether oxygens (including phenoxy) is 2. The van der Waals surface area contributed by atoms with E-state index in [1.807, 2.05) is 39.0 Å². The Morgan fingerprint density at radius 2 is 1.80 bits per heavy atom. The summed E-state index contributed by atoms with van der Waals surface area (Å²) < 4.78 is 51.8. The van der Waals surface area contributed by atoms with Gasteiger partial charge in [-0.25, -0.2) is 9.78 Å². The van der Waals surface area contributed by atoms with Gasteiger partial charge in [-0.1, -0.05) is 12.1 Å². The molecule has 35 heavy (non-hydrogen) atoms. The molecule has 0 spiro atoms. The van der Waals surface area contributed by atoms with Crippen LogP contribution in [0.1, 0.15) is 57.3 Å². The van der Waals surface area contributed by atoms with Crippen molar-refractivity contribution in [3.05, 3.63) is 59.1 Å². The molecule has 1 aliphatic rings. The fourth-order valence-electron chi connectivity index (χ4n) is 4.27. The van der Waals surface area contributed by atoms with Gasteiger partial charge in [-0.2, -0.15) is 13.2 Å². The number of likely N-dealkylation sites (tertiary alicyclic amines) is 1. The van der Waals surface area contributed by atoms with Gasteiger partial charge in [-0.05, 0) is 76.3 Å². The molecule has 0 bridgehead atoms. The molecule has 1 saturated heterocycles. The summed E-state index contributed by atoms with van der Waals surface area (Å²) in [5.74, 6) is 0.656. The van der Waals surface area contributed by atoms with E-state index in [0.717, 1.165) is 40.8 Å². The maximum Gasteiger partial charge on any atom is 0.416 e. The van der Waals surface area contributed by atoms with Crippen molar-refractivity contribution < 1.29 is 27.4 Å². The molecule has 1 atom stereocenters. The minimum absolute atomic E-state index is 0.280. The molecule has 1 aromatic heterocycles. The zero-order chi connectivity index (χ0) is 25.2. The van der Waals surface area contributed by atoms with E-state index in [9.17, 15) is 18.0 Å². The first kappa shape index (κ1) is 25.3. The van der Waals surface area contributed by atoms with E-state index in [1.165, 1.54) is 23.5 Å². The lowest BCUT2D eigenvalue weighted by Crippen LogP contribution is -2.42. The molecule has 2 aromatic carbocycles. The number of carbonyl (C=O) groups excluding carboxylic acids is 1. The highest BCUT2D eigenvalue weighted by molar-refractivity contribution is 7.16. The Balaban J connectivity index is 1.50. The second-order valence-corrected chi connectivity index (χ2v) is 10.7. The topological polar surface area (TPSA) is 51.7 Å². The molecule has 9 heteroatoms. The maximum atomic E-state index is 13.0. The predicted molar refractivity (Wildman–Crippen MR) is 130 cm³/mol. The molecule has 0 saturated carbocycles. The third-order valence-corrected chi connectivity index (χ3v) is 6.81. The van der Waals surface area contributed by atoms with Crippen LogP contribution in [0.3, 0.4) is 0 Å². The Morgan fingerprint density at radius 3 is 2.43 bits per heavy atom. The number of fused-ring (bicyclic) bond motifs is 1. The number of para-hydroxylation sites is 1. The maximum absolute atomic E-state index is 13.0. The molecule has 0 radical (unpaired) electrons. The number of nitrogens with zero attached hydrogens (tertiary/aromatic N) is 2. The molecule has 2 heterocycles. The number of carbonyl (C=O) groups is 1. The van der Waals surface area contributed by atoms with E-state index in [2.05, 4.69) is 4.98 Å². The number of amides is 1. The minimum Gasteiger partial charge on any atom is -0.486 e. The molecule has 188 valence electrons. The van der Waals surface area contributed by atoms with Crippen LogP contribution in [-0.4, -0.2) is 34.7 Å². The number of hydrogen-bond donors (Lipinski definition) is 0. The standard InChI is InChI=1S/C26H29F3N2O3S/c1-25(2,3)34-24(32)31-13-11-17(12-14-31)15-21(20-5-4-6-22-23(20)30-16-35-22)33-19-9-7-18(8-10-19)26(27,28)29/h4-10,16-17,21H,11-15H2,1-3H3. The lowest BCUT2D eigenvalue weighted by molar-refractivity contribution is -0.137. The van der Waals surface area contributed by atoms with Crippen LogP contribution in [0.25, 0.3) is 10.2 Å². The lowest BCUT2D eigenvalue weighted by Gasteiger charge is -2.34. The first-order valence-corrected chi connectivity index (χ1v) is 12.5. The molecule has 0 N–H and O–H groups in total. The van der Waals surface area contributed by atoms with Gasteiger partial charge in [0.2, 0.25) is 0 Å². The summed E-state index contributed by atoms with van der Waals surface area (Å²) >= 11 is 1.53. The van der Waals surface area contributed by atoms with Crippen LogP contribution in [0.2, 0.25) is 0 Å². The smallest absolute Gasteiger partial charge is 0.416 e. The van der Waals surface area contributed by atoms with Crippen molar-refractivity contribution in [1.29, 1.82) is 0 Å². The number of rotatable bonds is 5. The van der Waals surface area contributed by atoms with E-state index >= 15 is 0 Å². The van der Waals surface area contributed by atoms with Crippen molar-refractivity contribution in [3.63, 3.8) is 0 Å². The van der Waals surface area contributed by atoms with Crippen molar-refractivity contribution in [2.75, 3.05) is 13.1 Å². The van der Waals surface area contributed by atoms with E-state index in [1.54, 1.807) is 10.4 Å². The van der Waals surface area contributed by atoms with Gasteiger partial charge in [0, 0.05) is 18.7 Å². The number of piperidine rings is 1. The first-order chi connectivity index (χ1) is 16.5. The van der Waals surface area contributed by atoms with Gasteiger partial charge < -0.3 is 14.4 Å². The number of thiazole rings is 1.